The van der Waals surface area contributed by atoms with E-state index in [0.717, 1.165) is 23.1 Å². The van der Waals surface area contributed by atoms with Crippen molar-refractivity contribution in [3.05, 3.63) is 65.7 Å². The predicted octanol–water partition coefficient (Wildman–Crippen LogP) is 3.45. The van der Waals surface area contributed by atoms with Gasteiger partial charge in [0.25, 0.3) is 0 Å². The van der Waals surface area contributed by atoms with Gasteiger partial charge in [0.2, 0.25) is 0 Å². The minimum atomic E-state index is -1.17. The molecule has 0 saturated carbocycles. The number of hydrogen-bond acceptors (Lipinski definition) is 2. The maximum Gasteiger partial charge on any atom is 0.169 e. The first-order valence-corrected chi connectivity index (χ1v) is 6.03. The third-order valence-corrected chi connectivity index (χ3v) is 3.55. The van der Waals surface area contributed by atoms with Crippen molar-refractivity contribution < 1.29 is 4.79 Å². The van der Waals surface area contributed by atoms with Gasteiger partial charge in [-0.3, -0.25) is 0 Å². The molecule has 0 saturated heterocycles. The highest BCUT2D eigenvalue weighted by molar-refractivity contribution is 6.48. The van der Waals surface area contributed by atoms with Gasteiger partial charge >= 0.3 is 0 Å². The van der Waals surface area contributed by atoms with Crippen molar-refractivity contribution in [3.63, 3.8) is 0 Å². The van der Waals surface area contributed by atoms with Crippen LogP contribution in [0.25, 0.3) is 0 Å². The van der Waals surface area contributed by atoms with Crippen LogP contribution < -0.4 is 0 Å². The molecule has 1 atom stereocenters. The molecule has 0 aliphatic carbocycles. The van der Waals surface area contributed by atoms with Gasteiger partial charge in [0, 0.05) is 5.56 Å². The van der Waals surface area contributed by atoms with Gasteiger partial charge in [-0.05, 0) is 11.6 Å². The molecule has 0 spiro atoms. The third-order valence-electron chi connectivity index (χ3n) is 3.08. The highest BCUT2D eigenvalue weighted by atomic mass is 35.5. The van der Waals surface area contributed by atoms with Crippen molar-refractivity contribution in [1.29, 1.82) is 0 Å². The Bertz CT molecular complexity index is 636. The number of nitrogens with zero attached hydrogens (tertiary/aromatic N) is 1. The number of aldehydes is 1. The quantitative estimate of drug-likeness (QED) is 0.597. The minimum absolute atomic E-state index is 0.598. The summed E-state index contributed by atoms with van der Waals surface area (Å²) in [5.41, 5.74) is 2.98. The molecule has 1 aliphatic rings. The number of aliphatic imine (C=N–C) groups is 1. The lowest BCUT2D eigenvalue weighted by atomic mass is 9.92. The van der Waals surface area contributed by atoms with E-state index in [2.05, 4.69) is 4.99 Å². The number of benzene rings is 2. The van der Waals surface area contributed by atoms with E-state index in [1.807, 2.05) is 54.6 Å². The van der Waals surface area contributed by atoms with Crippen LogP contribution in [0.3, 0.4) is 0 Å². The Balaban J connectivity index is 2.21. The van der Waals surface area contributed by atoms with Gasteiger partial charge in [0.15, 0.2) is 11.2 Å². The number of rotatable bonds is 2. The van der Waals surface area contributed by atoms with Crippen molar-refractivity contribution >= 4 is 29.3 Å². The van der Waals surface area contributed by atoms with E-state index in [4.69, 9.17) is 11.6 Å². The summed E-state index contributed by atoms with van der Waals surface area (Å²) in [4.78, 5) is 14.8. The van der Waals surface area contributed by atoms with Crippen LogP contribution in [0.5, 0.6) is 0 Å². The molecular weight excluding hydrogens is 246 g/mol. The third kappa shape index (κ3) is 1.50. The fourth-order valence-corrected chi connectivity index (χ4v) is 2.51. The fraction of sp³-hybridized carbons (Fsp3) is 0.0667. The molecule has 2 aromatic rings. The predicted molar refractivity (Wildman–Crippen MR) is 72.7 cm³/mol. The monoisotopic (exact) mass is 255 g/mol. The van der Waals surface area contributed by atoms with Crippen LogP contribution in [0.1, 0.15) is 11.1 Å². The smallest absolute Gasteiger partial charge is 0.169 e. The molecule has 1 aliphatic heterocycles. The van der Waals surface area contributed by atoms with E-state index in [0.29, 0.717) is 5.71 Å². The van der Waals surface area contributed by atoms with E-state index >= 15 is 0 Å². The van der Waals surface area contributed by atoms with Gasteiger partial charge < -0.3 is 4.79 Å². The summed E-state index contributed by atoms with van der Waals surface area (Å²) in [6, 6.07) is 17.0. The number of alkyl halides is 1. The van der Waals surface area contributed by atoms with Crippen LogP contribution in [-0.2, 0) is 9.67 Å². The first-order valence-electron chi connectivity index (χ1n) is 5.65. The minimum Gasteiger partial charge on any atom is -0.301 e. The molecule has 1 unspecified atom stereocenters. The van der Waals surface area contributed by atoms with Crippen molar-refractivity contribution in [2.24, 2.45) is 4.99 Å². The van der Waals surface area contributed by atoms with Crippen LogP contribution in [0.2, 0.25) is 0 Å². The number of halogens is 1. The molecule has 2 aromatic carbocycles. The largest absolute Gasteiger partial charge is 0.301 e. The first kappa shape index (κ1) is 11.2. The zero-order chi connectivity index (χ0) is 12.6. The highest BCUT2D eigenvalue weighted by Gasteiger charge is 2.42. The summed E-state index contributed by atoms with van der Waals surface area (Å²) in [6.07, 6.45) is 0.756. The second-order valence-electron chi connectivity index (χ2n) is 4.17. The average molecular weight is 256 g/mol. The van der Waals surface area contributed by atoms with Gasteiger partial charge in [-0.25, -0.2) is 4.99 Å². The van der Waals surface area contributed by atoms with E-state index < -0.39 is 4.87 Å². The van der Waals surface area contributed by atoms with Crippen molar-refractivity contribution in [3.8, 4) is 0 Å². The molecule has 18 heavy (non-hydrogen) atoms. The summed E-state index contributed by atoms with van der Waals surface area (Å²) in [5.74, 6) is 0. The van der Waals surface area contributed by atoms with Crippen molar-refractivity contribution in [2.45, 2.75) is 4.87 Å². The maximum absolute atomic E-state index is 11.5. The molecule has 3 rings (SSSR count). The lowest BCUT2D eigenvalue weighted by molar-refractivity contribution is -0.108. The van der Waals surface area contributed by atoms with E-state index in [1.165, 1.54) is 0 Å². The second-order valence-corrected chi connectivity index (χ2v) is 4.77. The summed E-state index contributed by atoms with van der Waals surface area (Å²) in [5, 5.41) is 0. The summed E-state index contributed by atoms with van der Waals surface area (Å²) < 4.78 is 0. The van der Waals surface area contributed by atoms with E-state index in [9.17, 15) is 4.79 Å². The Labute approximate surface area is 110 Å². The van der Waals surface area contributed by atoms with Gasteiger partial charge in [0.1, 0.15) is 0 Å². The Morgan fingerprint density at radius 1 is 1.00 bits per heavy atom. The lowest BCUT2D eigenvalue weighted by Gasteiger charge is -2.17. The van der Waals surface area contributed by atoms with Gasteiger partial charge in [-0.2, -0.15) is 0 Å². The molecular formula is C15H10ClNO. The topological polar surface area (TPSA) is 29.4 Å². The van der Waals surface area contributed by atoms with Gasteiger partial charge in [-0.1, -0.05) is 60.1 Å². The number of hydrogen-bond donors (Lipinski definition) is 0. The normalized spacial score (nSPS) is 21.3. The van der Waals surface area contributed by atoms with Gasteiger partial charge in [0.05, 0.1) is 11.4 Å². The second kappa shape index (κ2) is 4.07. The fourth-order valence-electron chi connectivity index (χ4n) is 2.20. The molecule has 1 heterocycles. The maximum atomic E-state index is 11.5. The standard InChI is InChI=1S/C15H10ClNO/c16-15(10-18)12-8-4-5-9-13(12)17-14(15)11-6-2-1-3-7-11/h1-10H. The van der Waals surface area contributed by atoms with E-state index in [-0.39, 0.29) is 0 Å². The number of para-hydroxylation sites is 1. The summed E-state index contributed by atoms with van der Waals surface area (Å²) in [7, 11) is 0. The molecule has 0 amide bonds. The van der Waals surface area contributed by atoms with Crippen molar-refractivity contribution in [2.75, 3.05) is 0 Å². The lowest BCUT2D eigenvalue weighted by Crippen LogP contribution is -2.29. The summed E-state index contributed by atoms with van der Waals surface area (Å²) >= 11 is 6.49. The summed E-state index contributed by atoms with van der Waals surface area (Å²) in [6.45, 7) is 0. The molecule has 88 valence electrons. The Kier molecular flexibility index (Phi) is 2.53. The molecule has 0 radical (unpaired) electrons. The Morgan fingerprint density at radius 2 is 1.67 bits per heavy atom. The van der Waals surface area contributed by atoms with Crippen LogP contribution in [0, 0.1) is 0 Å². The molecule has 0 N–H and O–H groups in total. The van der Waals surface area contributed by atoms with Gasteiger partial charge in [-0.15, -0.1) is 0 Å². The molecule has 0 bridgehead atoms. The highest BCUT2D eigenvalue weighted by Crippen LogP contribution is 2.43. The van der Waals surface area contributed by atoms with Crippen LogP contribution in [-0.4, -0.2) is 12.0 Å². The Hall–Kier alpha value is -1.93. The first-order chi connectivity index (χ1) is 8.75. The average Bonchev–Trinajstić information content (AvgIpc) is 2.74. The Morgan fingerprint density at radius 3 is 2.39 bits per heavy atom. The van der Waals surface area contributed by atoms with Crippen LogP contribution >= 0.6 is 11.6 Å². The van der Waals surface area contributed by atoms with E-state index in [1.54, 1.807) is 0 Å². The molecule has 3 heteroatoms. The number of fused-ring (bicyclic) bond motifs is 1. The zero-order valence-electron chi connectivity index (χ0n) is 9.51. The van der Waals surface area contributed by atoms with Crippen molar-refractivity contribution in [1.82, 2.24) is 0 Å². The molecule has 2 nitrogen and oxygen atoms in total. The number of carbonyl (C=O) groups is 1. The van der Waals surface area contributed by atoms with Crippen LogP contribution in [0.4, 0.5) is 5.69 Å². The van der Waals surface area contributed by atoms with Crippen LogP contribution in [0.15, 0.2) is 59.6 Å². The molecule has 0 aromatic heterocycles. The SMILES string of the molecule is O=CC1(Cl)C(c2ccccc2)=Nc2ccccc21. The zero-order valence-corrected chi connectivity index (χ0v) is 10.3. The number of carbonyl (C=O) groups excluding carboxylic acids is 1. The molecule has 0 fully saturated rings.